The SMILES string of the molecule is CCOc1cc(F)c(Cn2nc(-c3ncc(OCCCOC(=O)[C@H](C)NC(=O)OC(C)(C)C)c(Nc4ccncc4Cl)n3)c3ccccc32)c(F)c1. The highest BCUT2D eigenvalue weighted by molar-refractivity contribution is 6.33. The van der Waals surface area contributed by atoms with Crippen LogP contribution >= 0.6 is 11.6 Å². The van der Waals surface area contributed by atoms with Crippen molar-refractivity contribution in [1.82, 2.24) is 30.0 Å². The topological polar surface area (TPSA) is 152 Å². The van der Waals surface area contributed by atoms with Gasteiger partial charge in [-0.2, -0.15) is 5.10 Å². The largest absolute Gasteiger partial charge is 0.494 e. The summed E-state index contributed by atoms with van der Waals surface area (Å²) in [5, 5.41) is 11.2. The Labute approximate surface area is 303 Å². The van der Waals surface area contributed by atoms with Gasteiger partial charge in [0.15, 0.2) is 17.4 Å². The van der Waals surface area contributed by atoms with Crippen LogP contribution in [0, 0.1) is 11.6 Å². The molecule has 0 fully saturated rings. The van der Waals surface area contributed by atoms with Gasteiger partial charge in [-0.1, -0.05) is 29.8 Å². The second-order valence-corrected chi connectivity index (χ2v) is 12.9. The summed E-state index contributed by atoms with van der Waals surface area (Å²) in [6.07, 6.45) is 4.05. The number of benzene rings is 2. The fourth-order valence-electron chi connectivity index (χ4n) is 4.91. The highest BCUT2D eigenvalue weighted by atomic mass is 35.5. The lowest BCUT2D eigenvalue weighted by molar-refractivity contribution is -0.145. The molecule has 16 heteroatoms. The molecule has 0 radical (unpaired) electrons. The average Bonchev–Trinajstić information content (AvgIpc) is 3.45. The molecule has 2 N–H and O–H groups in total. The van der Waals surface area contributed by atoms with E-state index in [2.05, 4.69) is 25.7 Å². The minimum Gasteiger partial charge on any atom is -0.494 e. The van der Waals surface area contributed by atoms with Crippen LogP contribution in [0.15, 0.2) is 61.1 Å². The Hall–Kier alpha value is -5.57. The van der Waals surface area contributed by atoms with Gasteiger partial charge in [0.2, 0.25) is 0 Å². The zero-order chi connectivity index (χ0) is 37.4. The molecule has 3 aromatic heterocycles. The van der Waals surface area contributed by atoms with Crippen molar-refractivity contribution in [3.63, 3.8) is 0 Å². The first-order valence-electron chi connectivity index (χ1n) is 16.4. The number of aromatic nitrogens is 5. The van der Waals surface area contributed by atoms with Crippen LogP contribution in [0.25, 0.3) is 22.4 Å². The highest BCUT2D eigenvalue weighted by Crippen LogP contribution is 2.33. The number of hydrogen-bond donors (Lipinski definition) is 2. The first-order chi connectivity index (χ1) is 24.8. The maximum Gasteiger partial charge on any atom is 0.408 e. The fourth-order valence-corrected chi connectivity index (χ4v) is 5.08. The van der Waals surface area contributed by atoms with Gasteiger partial charge in [-0.3, -0.25) is 9.67 Å². The summed E-state index contributed by atoms with van der Waals surface area (Å²) in [6.45, 7) is 8.56. The van der Waals surface area contributed by atoms with Crippen molar-refractivity contribution >= 4 is 46.1 Å². The van der Waals surface area contributed by atoms with Gasteiger partial charge in [0.05, 0.1) is 48.8 Å². The molecule has 1 amide bonds. The molecule has 0 bridgehead atoms. The first kappa shape index (κ1) is 37.7. The Morgan fingerprint density at radius 2 is 1.79 bits per heavy atom. The van der Waals surface area contributed by atoms with E-state index >= 15 is 8.78 Å². The number of rotatable bonds is 14. The van der Waals surface area contributed by atoms with Crippen LogP contribution in [0.1, 0.15) is 46.6 Å². The molecule has 0 saturated carbocycles. The number of amides is 1. The van der Waals surface area contributed by atoms with E-state index in [-0.39, 0.29) is 55.1 Å². The van der Waals surface area contributed by atoms with E-state index in [1.165, 1.54) is 24.0 Å². The fraction of sp³-hybridized carbons (Fsp3) is 0.333. The summed E-state index contributed by atoms with van der Waals surface area (Å²) in [6, 6.07) is 10.2. The second-order valence-electron chi connectivity index (χ2n) is 12.4. The molecule has 0 spiro atoms. The van der Waals surface area contributed by atoms with Gasteiger partial charge < -0.3 is 29.6 Å². The molecule has 2 aromatic carbocycles. The zero-order valence-electron chi connectivity index (χ0n) is 29.2. The number of carbonyl (C=O) groups is 2. The van der Waals surface area contributed by atoms with Crippen molar-refractivity contribution in [2.75, 3.05) is 25.1 Å². The molecule has 13 nitrogen and oxygen atoms in total. The molecule has 5 aromatic rings. The van der Waals surface area contributed by atoms with E-state index < -0.39 is 35.3 Å². The quantitative estimate of drug-likeness (QED) is 0.0877. The lowest BCUT2D eigenvalue weighted by Gasteiger charge is -2.21. The molecule has 0 saturated heterocycles. The Kier molecular flexibility index (Phi) is 12.1. The molecule has 0 unspecified atom stereocenters. The summed E-state index contributed by atoms with van der Waals surface area (Å²) in [5.41, 5.74) is 0.563. The average molecular weight is 738 g/mol. The second kappa shape index (κ2) is 16.6. The number of ether oxygens (including phenoxy) is 4. The third-order valence-electron chi connectivity index (χ3n) is 7.26. The van der Waals surface area contributed by atoms with Gasteiger partial charge in [0.25, 0.3) is 0 Å². The number of esters is 1. The molecule has 5 rings (SSSR count). The molecule has 0 aliphatic heterocycles. The van der Waals surface area contributed by atoms with E-state index in [1.54, 1.807) is 52.1 Å². The number of alkyl carbamates (subject to hydrolysis) is 1. The molecule has 274 valence electrons. The molecular formula is C36H38ClF2N7O6. The van der Waals surface area contributed by atoms with Gasteiger partial charge in [-0.25, -0.2) is 28.3 Å². The van der Waals surface area contributed by atoms with Crippen molar-refractivity contribution in [3.05, 3.63) is 83.3 Å². The maximum absolute atomic E-state index is 15.0. The van der Waals surface area contributed by atoms with E-state index in [0.29, 0.717) is 33.7 Å². The monoisotopic (exact) mass is 737 g/mol. The smallest absolute Gasteiger partial charge is 0.408 e. The summed E-state index contributed by atoms with van der Waals surface area (Å²) < 4.78 is 53.3. The van der Waals surface area contributed by atoms with Crippen molar-refractivity contribution in [1.29, 1.82) is 0 Å². The number of carbonyl (C=O) groups excluding carboxylic acids is 2. The van der Waals surface area contributed by atoms with Crippen molar-refractivity contribution < 1.29 is 37.3 Å². The van der Waals surface area contributed by atoms with Crippen molar-refractivity contribution in [3.8, 4) is 23.0 Å². The van der Waals surface area contributed by atoms with Crippen LogP contribution < -0.4 is 20.1 Å². The van der Waals surface area contributed by atoms with Gasteiger partial charge in [0, 0.05) is 41.9 Å². The number of anilines is 2. The van der Waals surface area contributed by atoms with Crippen molar-refractivity contribution in [2.45, 2.75) is 59.2 Å². The Morgan fingerprint density at radius 3 is 2.50 bits per heavy atom. The number of nitrogens with one attached hydrogen (secondary N) is 2. The van der Waals surface area contributed by atoms with Crippen LogP contribution in [0.3, 0.4) is 0 Å². The molecular weight excluding hydrogens is 700 g/mol. The van der Waals surface area contributed by atoms with Crippen LogP contribution in [0.2, 0.25) is 5.02 Å². The third-order valence-corrected chi connectivity index (χ3v) is 7.56. The van der Waals surface area contributed by atoms with Crippen LogP contribution in [0.4, 0.5) is 25.1 Å². The number of nitrogens with zero attached hydrogens (tertiary/aromatic N) is 5. The van der Waals surface area contributed by atoms with E-state index in [9.17, 15) is 9.59 Å². The van der Waals surface area contributed by atoms with Crippen LogP contribution in [-0.2, 0) is 20.8 Å². The lowest BCUT2D eigenvalue weighted by Crippen LogP contribution is -2.42. The standard InChI is InChI=1S/C36H38ClF2N7O6/c1-6-49-22-16-26(38)24(27(39)17-22)20-46-29-11-8-7-10-23(29)31(45-46)33-41-19-30(32(44-33)43-28-12-13-40-18-25(28)37)50-14-9-15-51-34(47)21(2)42-35(48)52-36(3,4)5/h7-8,10-13,16-19,21H,6,9,14-15,20H2,1-5H3,(H,42,48)(H,40,41,43,44)/t21-/m0/s1. The summed E-state index contributed by atoms with van der Waals surface area (Å²) in [7, 11) is 0. The van der Waals surface area contributed by atoms with Crippen molar-refractivity contribution in [2.24, 2.45) is 0 Å². The summed E-state index contributed by atoms with van der Waals surface area (Å²) in [4.78, 5) is 37.6. The number of pyridine rings is 1. The van der Waals surface area contributed by atoms with Gasteiger partial charge in [-0.05, 0) is 46.8 Å². The van der Waals surface area contributed by atoms with E-state index in [0.717, 1.165) is 12.1 Å². The highest BCUT2D eigenvalue weighted by Gasteiger charge is 2.23. The molecule has 1 atom stereocenters. The number of fused-ring (bicyclic) bond motifs is 1. The predicted octanol–water partition coefficient (Wildman–Crippen LogP) is 7.24. The number of hydrogen-bond acceptors (Lipinski definition) is 11. The van der Waals surface area contributed by atoms with Gasteiger partial charge >= 0.3 is 12.1 Å². The minimum absolute atomic E-state index is 0.00995. The number of halogens is 3. The Balaban J connectivity index is 1.34. The first-order valence-corrected chi connectivity index (χ1v) is 16.8. The number of para-hydroxylation sites is 1. The zero-order valence-corrected chi connectivity index (χ0v) is 30.0. The third kappa shape index (κ3) is 9.60. The summed E-state index contributed by atoms with van der Waals surface area (Å²) >= 11 is 6.38. The minimum atomic E-state index is -0.920. The van der Waals surface area contributed by atoms with Gasteiger partial charge in [0.1, 0.15) is 34.7 Å². The van der Waals surface area contributed by atoms with Gasteiger partial charge in [-0.15, -0.1) is 0 Å². The summed E-state index contributed by atoms with van der Waals surface area (Å²) in [5.74, 6) is -1.36. The molecule has 3 heterocycles. The maximum atomic E-state index is 15.0. The van der Waals surface area contributed by atoms with Crippen LogP contribution in [-0.4, -0.2) is 68.3 Å². The van der Waals surface area contributed by atoms with E-state index in [1.807, 2.05) is 12.1 Å². The Bertz CT molecular complexity index is 2030. The normalized spacial score (nSPS) is 11.9. The van der Waals surface area contributed by atoms with E-state index in [4.69, 9.17) is 35.5 Å². The lowest BCUT2D eigenvalue weighted by atomic mass is 10.1. The molecule has 0 aliphatic rings. The predicted molar refractivity (Wildman–Crippen MR) is 190 cm³/mol. The Morgan fingerprint density at radius 1 is 1.04 bits per heavy atom. The molecule has 52 heavy (non-hydrogen) atoms. The molecule has 0 aliphatic carbocycles. The van der Waals surface area contributed by atoms with Crippen LogP contribution in [0.5, 0.6) is 11.5 Å².